The average Bonchev–Trinajstić information content (AvgIpc) is 2.30. The Morgan fingerprint density at radius 3 is 3.00 bits per heavy atom. The third kappa shape index (κ3) is 1.56. The van der Waals surface area contributed by atoms with Gasteiger partial charge in [-0.3, -0.25) is 14.0 Å². The molecule has 2 aromatic rings. The molecule has 0 saturated carbocycles. The molecule has 5 heteroatoms. The van der Waals surface area contributed by atoms with Crippen LogP contribution in [0, 0.1) is 0 Å². The highest BCUT2D eigenvalue weighted by molar-refractivity contribution is 5.78. The highest BCUT2D eigenvalue weighted by Gasteiger charge is 2.12. The molecule has 2 heterocycles. The molecule has 0 aliphatic heterocycles. The lowest BCUT2D eigenvalue weighted by Gasteiger charge is -2.06. The van der Waals surface area contributed by atoms with Crippen molar-refractivity contribution in [1.82, 2.24) is 9.38 Å². The molecule has 0 bridgehead atoms. The van der Waals surface area contributed by atoms with Crippen molar-refractivity contribution in [2.75, 3.05) is 6.61 Å². The number of carbonyl (C=O) groups is 1. The zero-order valence-electron chi connectivity index (χ0n) is 8.71. The number of hydrogen-bond donors (Lipinski definition) is 0. The fourth-order valence-corrected chi connectivity index (χ4v) is 1.43. The van der Waals surface area contributed by atoms with Crippen LogP contribution in [-0.2, 0) is 0 Å². The van der Waals surface area contributed by atoms with E-state index >= 15 is 0 Å². The van der Waals surface area contributed by atoms with Gasteiger partial charge in [-0.2, -0.15) is 4.98 Å². The molecule has 0 radical (unpaired) electrons. The topological polar surface area (TPSA) is 60.7 Å². The van der Waals surface area contributed by atoms with Crippen LogP contribution < -0.4 is 10.3 Å². The highest BCUT2D eigenvalue weighted by Crippen LogP contribution is 2.10. The monoisotopic (exact) mass is 218 g/mol. The summed E-state index contributed by atoms with van der Waals surface area (Å²) in [6.45, 7) is 2.12. The first-order valence-electron chi connectivity index (χ1n) is 4.87. The van der Waals surface area contributed by atoms with Gasteiger partial charge in [0.25, 0.3) is 5.56 Å². The Hall–Kier alpha value is -2.17. The van der Waals surface area contributed by atoms with Gasteiger partial charge in [0, 0.05) is 6.20 Å². The SMILES string of the molecule is CCOc1nc2ccccn2c(=O)c1C=O. The second kappa shape index (κ2) is 4.14. The normalized spacial score (nSPS) is 10.3. The summed E-state index contributed by atoms with van der Waals surface area (Å²) in [5, 5.41) is 0. The minimum atomic E-state index is -0.413. The minimum absolute atomic E-state index is 0.0504. The zero-order chi connectivity index (χ0) is 11.5. The molecule has 16 heavy (non-hydrogen) atoms. The van der Waals surface area contributed by atoms with Crippen molar-refractivity contribution in [1.29, 1.82) is 0 Å². The number of rotatable bonds is 3. The first kappa shape index (κ1) is 10.4. The van der Waals surface area contributed by atoms with Gasteiger partial charge < -0.3 is 4.74 Å². The largest absolute Gasteiger partial charge is 0.477 e. The standard InChI is InChI=1S/C11H10N2O3/c1-2-16-10-8(7-14)11(15)13-6-4-3-5-9(13)12-10/h3-7H,2H2,1H3. The Bertz CT molecular complexity index is 589. The predicted molar refractivity (Wildman–Crippen MR) is 58.0 cm³/mol. The van der Waals surface area contributed by atoms with Gasteiger partial charge in [-0.05, 0) is 19.1 Å². The molecule has 2 rings (SSSR count). The maximum Gasteiger partial charge on any atom is 0.272 e. The van der Waals surface area contributed by atoms with E-state index in [-0.39, 0.29) is 11.4 Å². The average molecular weight is 218 g/mol. The van der Waals surface area contributed by atoms with Gasteiger partial charge in [-0.15, -0.1) is 0 Å². The molecule has 5 nitrogen and oxygen atoms in total. The summed E-state index contributed by atoms with van der Waals surface area (Å²) in [7, 11) is 0. The van der Waals surface area contributed by atoms with E-state index in [9.17, 15) is 9.59 Å². The van der Waals surface area contributed by atoms with Gasteiger partial charge in [0.2, 0.25) is 5.88 Å². The van der Waals surface area contributed by atoms with Crippen molar-refractivity contribution in [3.8, 4) is 5.88 Å². The van der Waals surface area contributed by atoms with Gasteiger partial charge in [0.1, 0.15) is 11.2 Å². The van der Waals surface area contributed by atoms with Crippen molar-refractivity contribution < 1.29 is 9.53 Å². The Kier molecular flexibility index (Phi) is 2.68. The van der Waals surface area contributed by atoms with E-state index < -0.39 is 5.56 Å². The Labute approximate surface area is 91.3 Å². The van der Waals surface area contributed by atoms with E-state index in [2.05, 4.69) is 4.98 Å². The molecule has 0 saturated heterocycles. The van der Waals surface area contributed by atoms with Crippen LogP contribution in [0.3, 0.4) is 0 Å². The molecular weight excluding hydrogens is 208 g/mol. The summed E-state index contributed by atoms with van der Waals surface area (Å²) in [5.41, 5.74) is -0.00356. The lowest BCUT2D eigenvalue weighted by Crippen LogP contribution is -2.20. The summed E-state index contributed by atoms with van der Waals surface area (Å²) >= 11 is 0. The Morgan fingerprint density at radius 1 is 1.50 bits per heavy atom. The third-order valence-corrected chi connectivity index (χ3v) is 2.13. The molecule has 0 atom stereocenters. The molecule has 2 aromatic heterocycles. The van der Waals surface area contributed by atoms with Crippen molar-refractivity contribution in [3.63, 3.8) is 0 Å². The second-order valence-electron chi connectivity index (χ2n) is 3.12. The number of hydrogen-bond acceptors (Lipinski definition) is 4. The smallest absolute Gasteiger partial charge is 0.272 e. The first-order chi connectivity index (χ1) is 7.77. The van der Waals surface area contributed by atoms with Crippen LogP contribution in [0.4, 0.5) is 0 Å². The van der Waals surface area contributed by atoms with Crippen LogP contribution in [0.25, 0.3) is 5.65 Å². The van der Waals surface area contributed by atoms with Crippen molar-refractivity contribution in [3.05, 3.63) is 40.3 Å². The number of ether oxygens (including phenoxy) is 1. The summed E-state index contributed by atoms with van der Waals surface area (Å²) in [6, 6.07) is 5.14. The second-order valence-corrected chi connectivity index (χ2v) is 3.12. The van der Waals surface area contributed by atoms with E-state index in [4.69, 9.17) is 4.74 Å². The van der Waals surface area contributed by atoms with Crippen LogP contribution in [0.5, 0.6) is 5.88 Å². The van der Waals surface area contributed by atoms with E-state index in [0.29, 0.717) is 18.5 Å². The maximum absolute atomic E-state index is 11.9. The van der Waals surface area contributed by atoms with E-state index in [0.717, 1.165) is 0 Å². The highest BCUT2D eigenvalue weighted by atomic mass is 16.5. The van der Waals surface area contributed by atoms with E-state index in [1.165, 1.54) is 4.40 Å². The van der Waals surface area contributed by atoms with Crippen molar-refractivity contribution in [2.45, 2.75) is 6.92 Å². The maximum atomic E-state index is 11.9. The summed E-state index contributed by atoms with van der Waals surface area (Å²) < 4.78 is 6.47. The fourth-order valence-electron chi connectivity index (χ4n) is 1.43. The van der Waals surface area contributed by atoms with Gasteiger partial charge in [-0.1, -0.05) is 6.07 Å². The Balaban J connectivity index is 2.81. The van der Waals surface area contributed by atoms with Crippen LogP contribution in [-0.4, -0.2) is 22.3 Å². The first-order valence-corrected chi connectivity index (χ1v) is 4.87. The van der Waals surface area contributed by atoms with E-state index in [1.807, 2.05) is 0 Å². The number of carbonyl (C=O) groups excluding carboxylic acids is 1. The predicted octanol–water partition coefficient (Wildman–Crippen LogP) is 0.906. The quantitative estimate of drug-likeness (QED) is 0.718. The van der Waals surface area contributed by atoms with Crippen molar-refractivity contribution in [2.24, 2.45) is 0 Å². The number of aldehydes is 1. The minimum Gasteiger partial charge on any atom is -0.477 e. The molecule has 0 aliphatic carbocycles. The van der Waals surface area contributed by atoms with Gasteiger partial charge in [0.05, 0.1) is 6.61 Å². The summed E-state index contributed by atoms with van der Waals surface area (Å²) in [5.74, 6) is 0.0914. The van der Waals surface area contributed by atoms with Crippen LogP contribution in [0.1, 0.15) is 17.3 Å². The lowest BCUT2D eigenvalue weighted by molar-refractivity contribution is 0.111. The Morgan fingerprint density at radius 2 is 2.31 bits per heavy atom. The fraction of sp³-hybridized carbons (Fsp3) is 0.182. The zero-order valence-corrected chi connectivity index (χ0v) is 8.71. The van der Waals surface area contributed by atoms with E-state index in [1.54, 1.807) is 31.3 Å². The number of nitrogens with zero attached hydrogens (tertiary/aromatic N) is 2. The summed E-state index contributed by atoms with van der Waals surface area (Å²) in [4.78, 5) is 26.8. The van der Waals surface area contributed by atoms with Gasteiger partial charge in [0.15, 0.2) is 6.29 Å². The molecule has 0 fully saturated rings. The van der Waals surface area contributed by atoms with Gasteiger partial charge in [-0.25, -0.2) is 0 Å². The van der Waals surface area contributed by atoms with Crippen LogP contribution in [0.2, 0.25) is 0 Å². The molecule has 0 aliphatic rings. The molecule has 0 amide bonds. The van der Waals surface area contributed by atoms with Crippen molar-refractivity contribution >= 4 is 11.9 Å². The molecule has 0 N–H and O–H groups in total. The number of pyridine rings is 1. The number of fused-ring (bicyclic) bond motifs is 1. The van der Waals surface area contributed by atoms with Crippen LogP contribution >= 0.6 is 0 Å². The molecule has 0 aromatic carbocycles. The summed E-state index contributed by atoms with van der Waals surface area (Å²) in [6.07, 6.45) is 2.03. The molecule has 0 unspecified atom stereocenters. The number of aromatic nitrogens is 2. The molecular formula is C11H10N2O3. The van der Waals surface area contributed by atoms with Gasteiger partial charge >= 0.3 is 0 Å². The lowest BCUT2D eigenvalue weighted by atomic mass is 10.3. The van der Waals surface area contributed by atoms with Crippen LogP contribution in [0.15, 0.2) is 29.2 Å². The molecule has 0 spiro atoms. The molecule has 82 valence electrons. The third-order valence-electron chi connectivity index (χ3n) is 2.13.